The second kappa shape index (κ2) is 4.70. The van der Waals surface area contributed by atoms with Crippen molar-refractivity contribution in [3.05, 3.63) is 46.1 Å². The molecule has 2 heterocycles. The molecule has 2 rings (SSSR count). The molecule has 0 aliphatic rings. The minimum absolute atomic E-state index is 0.664. The van der Waals surface area contributed by atoms with Gasteiger partial charge in [-0.15, -0.1) is 0 Å². The molecule has 0 aliphatic heterocycles. The monoisotopic (exact) mass is 280 g/mol. The highest BCUT2D eigenvalue weighted by atomic mass is 79.9. The third kappa shape index (κ3) is 2.64. The first-order valence-electron chi connectivity index (χ1n) is 5.07. The van der Waals surface area contributed by atoms with Gasteiger partial charge in [-0.25, -0.2) is 0 Å². The zero-order chi connectivity index (χ0) is 11.5. The first-order chi connectivity index (χ1) is 7.65. The summed E-state index contributed by atoms with van der Waals surface area (Å²) >= 11 is 3.28. The van der Waals surface area contributed by atoms with Gasteiger partial charge in [0.1, 0.15) is 5.76 Å². The van der Waals surface area contributed by atoms with Gasteiger partial charge in [0, 0.05) is 5.69 Å². The standard InChI is InChI=1S/C12H13BrN2O/c1-8-3-5-11(9(2)15-8)14-7-10-4-6-12(13)16-10/h3-6,14H,7H2,1-2H3. The summed E-state index contributed by atoms with van der Waals surface area (Å²) in [5.41, 5.74) is 3.08. The van der Waals surface area contributed by atoms with Gasteiger partial charge >= 0.3 is 0 Å². The molecule has 0 bridgehead atoms. The maximum Gasteiger partial charge on any atom is 0.169 e. The van der Waals surface area contributed by atoms with Crippen LogP contribution in [0.2, 0.25) is 0 Å². The molecular formula is C12H13BrN2O. The largest absolute Gasteiger partial charge is 0.452 e. The number of furan rings is 1. The van der Waals surface area contributed by atoms with Gasteiger partial charge in [0.2, 0.25) is 0 Å². The highest BCUT2D eigenvalue weighted by Crippen LogP contribution is 2.17. The second-order valence-electron chi connectivity index (χ2n) is 3.64. The molecule has 2 aromatic heterocycles. The summed E-state index contributed by atoms with van der Waals surface area (Å²) < 4.78 is 6.16. The molecule has 0 amide bonds. The number of aromatic nitrogens is 1. The molecular weight excluding hydrogens is 268 g/mol. The lowest BCUT2D eigenvalue weighted by molar-refractivity contribution is 0.495. The van der Waals surface area contributed by atoms with Gasteiger partial charge in [0.05, 0.1) is 17.9 Å². The van der Waals surface area contributed by atoms with E-state index in [1.54, 1.807) is 0 Å². The van der Waals surface area contributed by atoms with Crippen molar-refractivity contribution in [1.82, 2.24) is 4.98 Å². The van der Waals surface area contributed by atoms with E-state index >= 15 is 0 Å². The Hall–Kier alpha value is -1.29. The first-order valence-corrected chi connectivity index (χ1v) is 5.87. The Morgan fingerprint density at radius 2 is 2.06 bits per heavy atom. The molecule has 0 saturated heterocycles. The highest BCUT2D eigenvalue weighted by Gasteiger charge is 2.02. The van der Waals surface area contributed by atoms with Crippen LogP contribution >= 0.6 is 15.9 Å². The summed E-state index contributed by atoms with van der Waals surface area (Å²) in [4.78, 5) is 4.39. The van der Waals surface area contributed by atoms with Crippen molar-refractivity contribution >= 4 is 21.6 Å². The fourth-order valence-electron chi connectivity index (χ4n) is 1.50. The van der Waals surface area contributed by atoms with E-state index in [1.807, 2.05) is 38.1 Å². The highest BCUT2D eigenvalue weighted by molar-refractivity contribution is 9.10. The molecule has 0 unspecified atom stereocenters. The summed E-state index contributed by atoms with van der Waals surface area (Å²) in [6.45, 7) is 4.64. The average Bonchev–Trinajstić information content (AvgIpc) is 2.63. The van der Waals surface area contributed by atoms with Gasteiger partial charge in [0.25, 0.3) is 0 Å². The van der Waals surface area contributed by atoms with Crippen molar-refractivity contribution in [2.45, 2.75) is 20.4 Å². The van der Waals surface area contributed by atoms with Crippen LogP contribution in [0.5, 0.6) is 0 Å². The number of rotatable bonds is 3. The van der Waals surface area contributed by atoms with Crippen LogP contribution in [0.15, 0.2) is 33.4 Å². The number of nitrogens with one attached hydrogen (secondary N) is 1. The van der Waals surface area contributed by atoms with Crippen LogP contribution in [-0.4, -0.2) is 4.98 Å². The Bertz CT molecular complexity index is 494. The molecule has 0 saturated carbocycles. The quantitative estimate of drug-likeness (QED) is 0.932. The van der Waals surface area contributed by atoms with E-state index in [2.05, 4.69) is 26.2 Å². The Labute approximate surface area is 103 Å². The predicted molar refractivity (Wildman–Crippen MR) is 67.4 cm³/mol. The van der Waals surface area contributed by atoms with Crippen LogP contribution in [0.3, 0.4) is 0 Å². The minimum Gasteiger partial charge on any atom is -0.452 e. The van der Waals surface area contributed by atoms with Gasteiger partial charge in [0.15, 0.2) is 4.67 Å². The first kappa shape index (κ1) is 11.2. The molecule has 0 atom stereocenters. The van der Waals surface area contributed by atoms with Crippen molar-refractivity contribution in [2.75, 3.05) is 5.32 Å². The molecule has 3 nitrogen and oxygen atoms in total. The number of aryl methyl sites for hydroxylation is 2. The number of hydrogen-bond donors (Lipinski definition) is 1. The molecule has 0 aliphatic carbocycles. The molecule has 4 heteroatoms. The van der Waals surface area contributed by atoms with Crippen molar-refractivity contribution in [1.29, 1.82) is 0 Å². The Morgan fingerprint density at radius 1 is 1.25 bits per heavy atom. The zero-order valence-electron chi connectivity index (χ0n) is 9.25. The van der Waals surface area contributed by atoms with Crippen molar-refractivity contribution in [3.63, 3.8) is 0 Å². The van der Waals surface area contributed by atoms with E-state index in [0.717, 1.165) is 27.5 Å². The van der Waals surface area contributed by atoms with E-state index in [-0.39, 0.29) is 0 Å². The SMILES string of the molecule is Cc1ccc(NCc2ccc(Br)o2)c(C)n1. The van der Waals surface area contributed by atoms with Crippen LogP contribution < -0.4 is 5.32 Å². The number of nitrogens with zero attached hydrogens (tertiary/aromatic N) is 1. The maximum absolute atomic E-state index is 5.40. The third-order valence-corrected chi connectivity index (χ3v) is 2.73. The van der Waals surface area contributed by atoms with Crippen LogP contribution in [-0.2, 0) is 6.54 Å². The molecule has 0 radical (unpaired) electrons. The van der Waals surface area contributed by atoms with E-state index in [1.165, 1.54) is 0 Å². The summed E-state index contributed by atoms with van der Waals surface area (Å²) in [5, 5.41) is 3.29. The third-order valence-electron chi connectivity index (χ3n) is 2.31. The second-order valence-corrected chi connectivity index (χ2v) is 4.43. The summed E-state index contributed by atoms with van der Waals surface area (Å²) in [6, 6.07) is 7.86. The molecule has 0 aromatic carbocycles. The summed E-state index contributed by atoms with van der Waals surface area (Å²) in [5.74, 6) is 0.895. The van der Waals surface area contributed by atoms with Crippen LogP contribution in [0.4, 0.5) is 5.69 Å². The summed E-state index contributed by atoms with van der Waals surface area (Å²) in [7, 11) is 0. The summed E-state index contributed by atoms with van der Waals surface area (Å²) in [6.07, 6.45) is 0. The lowest BCUT2D eigenvalue weighted by Crippen LogP contribution is -2.01. The van der Waals surface area contributed by atoms with Crippen LogP contribution in [0.25, 0.3) is 0 Å². The molecule has 0 spiro atoms. The van der Waals surface area contributed by atoms with Gasteiger partial charge in [-0.2, -0.15) is 0 Å². The van der Waals surface area contributed by atoms with Gasteiger partial charge in [-0.1, -0.05) is 0 Å². The van der Waals surface area contributed by atoms with Gasteiger partial charge < -0.3 is 9.73 Å². The van der Waals surface area contributed by atoms with E-state index in [4.69, 9.17) is 4.42 Å². The lowest BCUT2D eigenvalue weighted by Gasteiger charge is -2.07. The van der Waals surface area contributed by atoms with E-state index in [9.17, 15) is 0 Å². The van der Waals surface area contributed by atoms with Crippen LogP contribution in [0, 0.1) is 13.8 Å². The molecule has 16 heavy (non-hydrogen) atoms. The minimum atomic E-state index is 0.664. The topological polar surface area (TPSA) is 38.1 Å². The number of halogens is 1. The Kier molecular flexibility index (Phi) is 3.29. The fourth-order valence-corrected chi connectivity index (χ4v) is 1.84. The Balaban J connectivity index is 2.04. The van der Waals surface area contributed by atoms with Gasteiger partial charge in [-0.05, 0) is 54.0 Å². The smallest absolute Gasteiger partial charge is 0.169 e. The van der Waals surface area contributed by atoms with E-state index in [0.29, 0.717) is 6.54 Å². The Morgan fingerprint density at radius 3 is 2.69 bits per heavy atom. The van der Waals surface area contributed by atoms with Crippen LogP contribution in [0.1, 0.15) is 17.1 Å². The number of anilines is 1. The lowest BCUT2D eigenvalue weighted by atomic mass is 10.2. The average molecular weight is 281 g/mol. The van der Waals surface area contributed by atoms with Gasteiger partial charge in [-0.3, -0.25) is 4.98 Å². The fraction of sp³-hybridized carbons (Fsp3) is 0.250. The number of pyridine rings is 1. The number of hydrogen-bond acceptors (Lipinski definition) is 3. The van der Waals surface area contributed by atoms with Crippen molar-refractivity contribution in [3.8, 4) is 0 Å². The molecule has 2 aromatic rings. The molecule has 0 fully saturated rings. The predicted octanol–water partition coefficient (Wildman–Crippen LogP) is 3.67. The maximum atomic E-state index is 5.40. The normalized spacial score (nSPS) is 10.4. The van der Waals surface area contributed by atoms with Crippen molar-refractivity contribution < 1.29 is 4.42 Å². The molecule has 84 valence electrons. The van der Waals surface area contributed by atoms with E-state index < -0.39 is 0 Å². The molecule has 1 N–H and O–H groups in total. The van der Waals surface area contributed by atoms with Crippen molar-refractivity contribution in [2.24, 2.45) is 0 Å². The zero-order valence-corrected chi connectivity index (χ0v) is 10.8.